The molecule has 1 N–H and O–H groups in total. The molecule has 2 rings (SSSR count). The zero-order chi connectivity index (χ0) is 16.7. The third kappa shape index (κ3) is 6.45. The summed E-state index contributed by atoms with van der Waals surface area (Å²) in [5, 5.41) is 2.86. The van der Waals surface area contributed by atoms with Crippen LogP contribution in [0.25, 0.3) is 0 Å². The highest BCUT2D eigenvalue weighted by molar-refractivity contribution is 8.00. The summed E-state index contributed by atoms with van der Waals surface area (Å²) in [6.45, 7) is 5.98. The Kier molecular flexibility index (Phi) is 7.26. The highest BCUT2D eigenvalue weighted by Gasteiger charge is 2.13. The summed E-state index contributed by atoms with van der Waals surface area (Å²) in [4.78, 5) is 17.0. The van der Waals surface area contributed by atoms with Crippen LogP contribution in [0.4, 0.5) is 8.78 Å². The molecule has 1 heterocycles. The van der Waals surface area contributed by atoms with Gasteiger partial charge >= 0.3 is 0 Å². The largest absolute Gasteiger partial charge is 0.355 e. The summed E-state index contributed by atoms with van der Waals surface area (Å²) in [6, 6.07) is 3.66. The van der Waals surface area contributed by atoms with Crippen molar-refractivity contribution in [1.29, 1.82) is 0 Å². The molecule has 0 unspecified atom stereocenters. The lowest BCUT2D eigenvalue weighted by Crippen LogP contribution is -2.45. The van der Waals surface area contributed by atoms with Gasteiger partial charge in [0, 0.05) is 37.6 Å². The molecule has 0 saturated carbocycles. The summed E-state index contributed by atoms with van der Waals surface area (Å²) in [6.07, 6.45) is 0.922. The Bertz CT molecular complexity index is 522. The van der Waals surface area contributed by atoms with Crippen LogP contribution >= 0.6 is 11.8 Å². The molecule has 0 radical (unpaired) electrons. The zero-order valence-electron chi connectivity index (χ0n) is 13.4. The van der Waals surface area contributed by atoms with Crippen molar-refractivity contribution in [3.63, 3.8) is 0 Å². The van der Waals surface area contributed by atoms with Crippen molar-refractivity contribution >= 4 is 17.7 Å². The van der Waals surface area contributed by atoms with E-state index in [1.807, 2.05) is 0 Å². The molecule has 0 aliphatic carbocycles. The minimum atomic E-state index is -0.886. The first-order valence-electron chi connectivity index (χ1n) is 7.80. The van der Waals surface area contributed by atoms with E-state index in [2.05, 4.69) is 22.2 Å². The summed E-state index contributed by atoms with van der Waals surface area (Å²) >= 11 is 1.20. The molecule has 23 heavy (non-hydrogen) atoms. The van der Waals surface area contributed by atoms with Gasteiger partial charge in [-0.2, -0.15) is 0 Å². The normalized spacial score (nSPS) is 16.5. The fourth-order valence-electron chi connectivity index (χ4n) is 2.37. The molecule has 0 atom stereocenters. The number of halogens is 2. The van der Waals surface area contributed by atoms with Crippen molar-refractivity contribution in [2.75, 3.05) is 52.1 Å². The Hall–Kier alpha value is -1.18. The first-order valence-corrected chi connectivity index (χ1v) is 8.78. The number of piperazine rings is 1. The second kappa shape index (κ2) is 9.20. The van der Waals surface area contributed by atoms with Gasteiger partial charge in [0.2, 0.25) is 5.91 Å². The molecule has 0 aromatic heterocycles. The van der Waals surface area contributed by atoms with E-state index in [1.54, 1.807) is 0 Å². The summed E-state index contributed by atoms with van der Waals surface area (Å²) in [5.41, 5.74) is 0. The minimum absolute atomic E-state index is 0.0851. The van der Waals surface area contributed by atoms with Crippen molar-refractivity contribution in [2.45, 2.75) is 11.3 Å². The fraction of sp³-hybridized carbons (Fsp3) is 0.562. The predicted octanol–water partition coefficient (Wildman–Crippen LogP) is 1.81. The van der Waals surface area contributed by atoms with Gasteiger partial charge in [-0.1, -0.05) is 0 Å². The van der Waals surface area contributed by atoms with Gasteiger partial charge in [0.05, 0.1) is 5.75 Å². The van der Waals surface area contributed by atoms with Gasteiger partial charge in [0.1, 0.15) is 0 Å². The SMILES string of the molecule is CN1CCN(CCCNC(=O)CSc2ccc(F)c(F)c2)CC1. The fourth-order valence-corrected chi connectivity index (χ4v) is 3.12. The number of nitrogens with one attached hydrogen (secondary N) is 1. The lowest BCUT2D eigenvalue weighted by molar-refractivity contribution is -0.118. The maximum absolute atomic E-state index is 13.1. The van der Waals surface area contributed by atoms with Crippen LogP contribution < -0.4 is 5.32 Å². The molecule has 1 saturated heterocycles. The lowest BCUT2D eigenvalue weighted by atomic mass is 10.3. The Morgan fingerprint density at radius 1 is 1.22 bits per heavy atom. The van der Waals surface area contributed by atoms with Gasteiger partial charge in [-0.3, -0.25) is 4.79 Å². The molecule has 1 fully saturated rings. The van der Waals surface area contributed by atoms with Crippen LogP contribution in [0.5, 0.6) is 0 Å². The molecular formula is C16H23F2N3OS. The van der Waals surface area contributed by atoms with Crippen molar-refractivity contribution in [2.24, 2.45) is 0 Å². The third-order valence-corrected chi connectivity index (χ3v) is 4.82. The topological polar surface area (TPSA) is 35.6 Å². The van der Waals surface area contributed by atoms with E-state index in [1.165, 1.54) is 17.8 Å². The molecule has 1 aliphatic heterocycles. The Labute approximate surface area is 140 Å². The molecule has 7 heteroatoms. The monoisotopic (exact) mass is 343 g/mol. The summed E-state index contributed by atoms with van der Waals surface area (Å²) in [5.74, 6) is -1.64. The second-order valence-corrected chi connectivity index (χ2v) is 6.76. The van der Waals surface area contributed by atoms with Crippen LogP contribution in [0.1, 0.15) is 6.42 Å². The number of hydrogen-bond acceptors (Lipinski definition) is 4. The number of benzene rings is 1. The van der Waals surface area contributed by atoms with Gasteiger partial charge in [-0.05, 0) is 38.2 Å². The molecule has 0 spiro atoms. The molecule has 128 valence electrons. The van der Waals surface area contributed by atoms with Gasteiger partial charge in [0.25, 0.3) is 0 Å². The molecular weight excluding hydrogens is 320 g/mol. The standard InChI is InChI=1S/C16H23F2N3OS/c1-20-7-9-21(10-8-20)6-2-5-19-16(22)12-23-13-3-4-14(17)15(18)11-13/h3-4,11H,2,5-10,12H2,1H3,(H,19,22). The lowest BCUT2D eigenvalue weighted by Gasteiger charge is -2.32. The van der Waals surface area contributed by atoms with Crippen LogP contribution in [0.2, 0.25) is 0 Å². The first kappa shape index (κ1) is 18.2. The highest BCUT2D eigenvalue weighted by Crippen LogP contribution is 2.19. The number of rotatable bonds is 7. The number of thioether (sulfide) groups is 1. The van der Waals surface area contributed by atoms with Crippen molar-refractivity contribution in [3.05, 3.63) is 29.8 Å². The number of likely N-dealkylation sites (N-methyl/N-ethyl adjacent to an activating group) is 1. The Morgan fingerprint density at radius 3 is 2.65 bits per heavy atom. The van der Waals surface area contributed by atoms with E-state index < -0.39 is 11.6 Å². The smallest absolute Gasteiger partial charge is 0.230 e. The Balaban J connectivity index is 1.57. The van der Waals surface area contributed by atoms with Crippen LogP contribution in [-0.4, -0.2) is 67.8 Å². The molecule has 4 nitrogen and oxygen atoms in total. The van der Waals surface area contributed by atoms with Crippen molar-refractivity contribution < 1.29 is 13.6 Å². The molecule has 0 bridgehead atoms. The van der Waals surface area contributed by atoms with Crippen LogP contribution in [-0.2, 0) is 4.79 Å². The predicted molar refractivity (Wildman–Crippen MR) is 88.6 cm³/mol. The zero-order valence-corrected chi connectivity index (χ0v) is 14.2. The maximum Gasteiger partial charge on any atom is 0.230 e. The third-order valence-electron chi connectivity index (χ3n) is 3.83. The van der Waals surface area contributed by atoms with Gasteiger partial charge in [0.15, 0.2) is 11.6 Å². The van der Waals surface area contributed by atoms with E-state index in [4.69, 9.17) is 0 Å². The van der Waals surface area contributed by atoms with Crippen LogP contribution in [0, 0.1) is 11.6 Å². The average molecular weight is 343 g/mol. The van der Waals surface area contributed by atoms with Crippen molar-refractivity contribution in [1.82, 2.24) is 15.1 Å². The summed E-state index contributed by atoms with van der Waals surface area (Å²) in [7, 11) is 2.13. The number of hydrogen-bond donors (Lipinski definition) is 1. The maximum atomic E-state index is 13.1. The van der Waals surface area contributed by atoms with E-state index in [0.29, 0.717) is 11.4 Å². The summed E-state index contributed by atoms with van der Waals surface area (Å²) < 4.78 is 25.9. The molecule has 1 aliphatic rings. The van der Waals surface area contributed by atoms with E-state index in [0.717, 1.165) is 51.3 Å². The van der Waals surface area contributed by atoms with E-state index in [9.17, 15) is 13.6 Å². The average Bonchev–Trinajstić information content (AvgIpc) is 2.54. The number of carbonyl (C=O) groups excluding carboxylic acids is 1. The molecule has 1 aromatic carbocycles. The molecule has 1 amide bonds. The van der Waals surface area contributed by atoms with E-state index >= 15 is 0 Å². The second-order valence-electron chi connectivity index (χ2n) is 5.71. The first-order chi connectivity index (χ1) is 11.0. The van der Waals surface area contributed by atoms with Crippen LogP contribution in [0.3, 0.4) is 0 Å². The van der Waals surface area contributed by atoms with Gasteiger partial charge in [-0.15, -0.1) is 11.8 Å². The quantitative estimate of drug-likeness (QED) is 0.605. The number of carbonyl (C=O) groups is 1. The van der Waals surface area contributed by atoms with Gasteiger partial charge in [-0.25, -0.2) is 8.78 Å². The van der Waals surface area contributed by atoms with Crippen LogP contribution in [0.15, 0.2) is 23.1 Å². The minimum Gasteiger partial charge on any atom is -0.355 e. The Morgan fingerprint density at radius 2 is 1.96 bits per heavy atom. The van der Waals surface area contributed by atoms with Crippen molar-refractivity contribution in [3.8, 4) is 0 Å². The highest BCUT2D eigenvalue weighted by atomic mass is 32.2. The van der Waals surface area contributed by atoms with E-state index in [-0.39, 0.29) is 11.7 Å². The number of amides is 1. The molecule has 1 aromatic rings. The number of nitrogens with zero attached hydrogens (tertiary/aromatic N) is 2. The van der Waals surface area contributed by atoms with Gasteiger partial charge < -0.3 is 15.1 Å².